The Morgan fingerprint density at radius 2 is 1.94 bits per heavy atom. The lowest BCUT2D eigenvalue weighted by molar-refractivity contribution is 0.602. The van der Waals surface area contributed by atoms with Gasteiger partial charge in [-0.15, -0.1) is 0 Å². The van der Waals surface area contributed by atoms with Crippen molar-refractivity contribution >= 4 is 26.6 Å². The Hall–Kier alpha value is -1.66. The number of benzene rings is 1. The maximum atomic E-state index is 11.6. The molecule has 0 unspecified atom stereocenters. The quantitative estimate of drug-likeness (QED) is 0.742. The van der Waals surface area contributed by atoms with Gasteiger partial charge in [0.1, 0.15) is 0 Å². The van der Waals surface area contributed by atoms with Crippen LogP contribution in [0.25, 0.3) is 10.9 Å². The number of nitrogens with zero attached hydrogens (tertiary/aromatic N) is 2. The van der Waals surface area contributed by atoms with E-state index in [4.69, 9.17) is 0 Å². The van der Waals surface area contributed by atoms with Gasteiger partial charge in [-0.1, -0.05) is 18.2 Å². The van der Waals surface area contributed by atoms with Crippen LogP contribution in [0.15, 0.2) is 36.5 Å². The van der Waals surface area contributed by atoms with Crippen LogP contribution in [-0.4, -0.2) is 19.7 Å². The van der Waals surface area contributed by atoms with Crippen molar-refractivity contribution in [1.29, 1.82) is 0 Å². The van der Waals surface area contributed by atoms with E-state index in [0.717, 1.165) is 11.6 Å². The number of hydrogen-bond donors (Lipinski definition) is 0. The van der Waals surface area contributed by atoms with E-state index in [2.05, 4.69) is 4.98 Å². The zero-order valence-electron chi connectivity index (χ0n) is 8.49. The van der Waals surface area contributed by atoms with Gasteiger partial charge in [-0.05, 0) is 12.1 Å². The summed E-state index contributed by atoms with van der Waals surface area (Å²) in [5.74, 6) is 0. The number of pyridine rings is 1. The van der Waals surface area contributed by atoms with Crippen molar-refractivity contribution in [3.63, 3.8) is 0 Å². The Morgan fingerprint density at radius 3 is 2.62 bits per heavy atom. The smallest absolute Gasteiger partial charge is 0.222 e. The highest BCUT2D eigenvalue weighted by atomic mass is 32.2. The van der Waals surface area contributed by atoms with Crippen molar-refractivity contribution in [2.24, 2.45) is 0 Å². The van der Waals surface area contributed by atoms with E-state index in [1.165, 1.54) is 12.3 Å². The Morgan fingerprint density at radius 1 is 1.25 bits per heavy atom. The third-order valence-corrected chi connectivity index (χ3v) is 2.91. The first-order valence-electron chi connectivity index (χ1n) is 4.51. The molecule has 1 aromatic heterocycles. The Labute approximate surface area is 93.0 Å². The molecule has 0 radical (unpaired) electrons. The van der Waals surface area contributed by atoms with Crippen LogP contribution in [0.4, 0.5) is 5.69 Å². The van der Waals surface area contributed by atoms with Crippen LogP contribution in [-0.2, 0) is 10.0 Å². The number of anilines is 1. The van der Waals surface area contributed by atoms with Gasteiger partial charge in [-0.3, -0.25) is 4.98 Å². The molecule has 0 bridgehead atoms. The second-order valence-electron chi connectivity index (χ2n) is 3.34. The van der Waals surface area contributed by atoms with E-state index in [9.17, 15) is 13.6 Å². The second kappa shape index (κ2) is 3.73. The Bertz CT molecular complexity index is 620. The average Bonchev–Trinajstić information content (AvgIpc) is 2.26. The minimum absolute atomic E-state index is 0.0116. The summed E-state index contributed by atoms with van der Waals surface area (Å²) in [4.78, 5) is 4.01. The topological polar surface area (TPSA) is 73.3 Å². The molecule has 0 fully saturated rings. The molecule has 1 aromatic carbocycles. The standard InChI is InChI=1S/C10H9N2O3S/c1-16(14,15)12(13)9-6-2-4-8-5-3-7-11-10(8)9/h2-7H,1H3/q-1. The summed E-state index contributed by atoms with van der Waals surface area (Å²) in [7, 11) is -3.81. The summed E-state index contributed by atoms with van der Waals surface area (Å²) in [6.45, 7) is 0. The second-order valence-corrected chi connectivity index (χ2v) is 5.14. The Kier molecular flexibility index (Phi) is 2.53. The van der Waals surface area contributed by atoms with E-state index < -0.39 is 10.0 Å². The van der Waals surface area contributed by atoms with Gasteiger partial charge >= 0.3 is 0 Å². The molecule has 0 spiro atoms. The molecule has 2 rings (SSSR count). The van der Waals surface area contributed by atoms with Crippen LogP contribution in [0.2, 0.25) is 0 Å². The number of para-hydroxylation sites is 1. The molecule has 0 aliphatic heterocycles. The van der Waals surface area contributed by atoms with Gasteiger partial charge in [0.15, 0.2) is 0 Å². The van der Waals surface area contributed by atoms with Gasteiger partial charge in [0.25, 0.3) is 0 Å². The lowest BCUT2D eigenvalue weighted by Gasteiger charge is -2.28. The first kappa shape index (κ1) is 10.8. The summed E-state index contributed by atoms with van der Waals surface area (Å²) >= 11 is 0. The fourth-order valence-corrected chi connectivity index (χ4v) is 1.92. The predicted octanol–water partition coefficient (Wildman–Crippen LogP) is 1.50. The lowest BCUT2D eigenvalue weighted by Crippen LogP contribution is -2.23. The first-order chi connectivity index (χ1) is 7.50. The minimum Gasteiger partial charge on any atom is -0.744 e. The number of hydrogen-bond acceptors (Lipinski definition) is 4. The fourth-order valence-electron chi connectivity index (χ4n) is 1.41. The van der Waals surface area contributed by atoms with E-state index in [-0.39, 0.29) is 10.2 Å². The molecule has 1 heterocycles. The molecule has 16 heavy (non-hydrogen) atoms. The van der Waals surface area contributed by atoms with Crippen LogP contribution in [0.5, 0.6) is 0 Å². The molecule has 0 saturated carbocycles. The zero-order chi connectivity index (χ0) is 11.8. The minimum atomic E-state index is -3.81. The molecule has 2 aromatic rings. The molecule has 0 N–H and O–H groups in total. The molecule has 0 amide bonds. The van der Waals surface area contributed by atoms with Crippen LogP contribution >= 0.6 is 0 Å². The van der Waals surface area contributed by atoms with Gasteiger partial charge in [-0.2, -0.15) is 0 Å². The third-order valence-electron chi connectivity index (χ3n) is 2.11. The summed E-state index contributed by atoms with van der Waals surface area (Å²) in [6.07, 6.45) is 2.38. The monoisotopic (exact) mass is 237 g/mol. The van der Waals surface area contributed by atoms with Gasteiger partial charge < -0.3 is 9.68 Å². The third kappa shape index (κ3) is 1.84. The maximum Gasteiger partial charge on any atom is 0.222 e. The molecule has 84 valence electrons. The first-order valence-corrected chi connectivity index (χ1v) is 6.36. The summed E-state index contributed by atoms with van der Waals surface area (Å²) in [5.41, 5.74) is 0.422. The van der Waals surface area contributed by atoms with Crippen molar-refractivity contribution in [3.8, 4) is 0 Å². The number of aromatic nitrogens is 1. The highest BCUT2D eigenvalue weighted by molar-refractivity contribution is 7.92. The van der Waals surface area contributed by atoms with Crippen molar-refractivity contribution in [2.45, 2.75) is 0 Å². The highest BCUT2D eigenvalue weighted by Crippen LogP contribution is 2.25. The normalized spacial score (nSPS) is 11.6. The predicted molar refractivity (Wildman–Crippen MR) is 62.4 cm³/mol. The summed E-state index contributed by atoms with van der Waals surface area (Å²) in [6, 6.07) is 8.31. The largest absolute Gasteiger partial charge is 0.744 e. The Balaban J connectivity index is 2.70. The molecule has 5 nitrogen and oxygen atoms in total. The fraction of sp³-hybridized carbons (Fsp3) is 0.100. The van der Waals surface area contributed by atoms with E-state index in [1.807, 2.05) is 0 Å². The lowest BCUT2D eigenvalue weighted by atomic mass is 10.2. The summed E-state index contributed by atoms with van der Waals surface area (Å²) in [5, 5.41) is 12.3. The van der Waals surface area contributed by atoms with E-state index in [1.54, 1.807) is 24.3 Å². The number of fused-ring (bicyclic) bond motifs is 1. The molecule has 0 saturated heterocycles. The molecule has 0 atom stereocenters. The molecule has 0 aliphatic rings. The van der Waals surface area contributed by atoms with Gasteiger partial charge in [-0.25, -0.2) is 8.42 Å². The van der Waals surface area contributed by atoms with E-state index in [0.29, 0.717) is 5.52 Å². The summed E-state index contributed by atoms with van der Waals surface area (Å²) < 4.78 is 22.3. The van der Waals surface area contributed by atoms with Gasteiger partial charge in [0.05, 0.1) is 17.5 Å². The molecular weight excluding hydrogens is 228 g/mol. The molecule has 6 heteroatoms. The van der Waals surface area contributed by atoms with Gasteiger partial charge in [0, 0.05) is 11.6 Å². The molecular formula is C10H9N2O3S-. The number of rotatable bonds is 2. The number of sulfonamides is 1. The average molecular weight is 237 g/mol. The van der Waals surface area contributed by atoms with Crippen molar-refractivity contribution in [1.82, 2.24) is 4.98 Å². The van der Waals surface area contributed by atoms with Gasteiger partial charge in [0.2, 0.25) is 10.0 Å². The SMILES string of the molecule is CS(=O)(=O)N([O-])c1cccc2cccnc12. The van der Waals surface area contributed by atoms with Crippen LogP contribution in [0.1, 0.15) is 0 Å². The van der Waals surface area contributed by atoms with Crippen molar-refractivity contribution in [3.05, 3.63) is 41.7 Å². The molecule has 0 aliphatic carbocycles. The van der Waals surface area contributed by atoms with Crippen LogP contribution in [0.3, 0.4) is 0 Å². The van der Waals surface area contributed by atoms with Crippen molar-refractivity contribution < 1.29 is 8.42 Å². The highest BCUT2D eigenvalue weighted by Gasteiger charge is 2.10. The van der Waals surface area contributed by atoms with E-state index >= 15 is 0 Å². The van der Waals surface area contributed by atoms with Crippen molar-refractivity contribution in [2.75, 3.05) is 10.7 Å². The van der Waals surface area contributed by atoms with Crippen LogP contribution < -0.4 is 4.47 Å². The van der Waals surface area contributed by atoms with Crippen LogP contribution in [0, 0.1) is 5.21 Å². The zero-order valence-corrected chi connectivity index (χ0v) is 9.31. The maximum absolute atomic E-state index is 11.6.